The molecular formula is C20H28N4O. The molecule has 3 rings (SSSR count). The van der Waals surface area contributed by atoms with Crippen LogP contribution in [-0.2, 0) is 4.79 Å². The molecule has 3 heterocycles. The van der Waals surface area contributed by atoms with Crippen molar-refractivity contribution in [3.63, 3.8) is 0 Å². The molecule has 1 aliphatic heterocycles. The topological polar surface area (TPSA) is 61.9 Å². The number of carbonyl (C=O) groups is 1. The lowest BCUT2D eigenvalue weighted by Gasteiger charge is -2.36. The Morgan fingerprint density at radius 3 is 2.48 bits per heavy atom. The molecule has 0 spiro atoms. The Morgan fingerprint density at radius 1 is 1.24 bits per heavy atom. The SMILES string of the molecule is C[C@@H](C(=O)N1CCC(c2cc(-c3ccncc3)n[nH]2)CC1)C(C)(C)C. The molecule has 0 saturated carbocycles. The van der Waals surface area contributed by atoms with Gasteiger partial charge in [-0.3, -0.25) is 14.9 Å². The van der Waals surface area contributed by atoms with Crippen molar-refractivity contribution in [3.8, 4) is 11.3 Å². The lowest BCUT2D eigenvalue weighted by Crippen LogP contribution is -2.43. The minimum atomic E-state index is 0.0107. The first-order valence-corrected chi connectivity index (χ1v) is 9.11. The van der Waals surface area contributed by atoms with E-state index in [1.807, 2.05) is 24.0 Å². The van der Waals surface area contributed by atoms with Gasteiger partial charge in [-0.05, 0) is 36.5 Å². The van der Waals surface area contributed by atoms with Crippen LogP contribution in [0.15, 0.2) is 30.6 Å². The molecule has 0 unspecified atom stereocenters. The Labute approximate surface area is 149 Å². The molecular weight excluding hydrogens is 312 g/mol. The molecule has 0 aromatic carbocycles. The lowest BCUT2D eigenvalue weighted by atomic mass is 9.80. The highest BCUT2D eigenvalue weighted by molar-refractivity contribution is 5.79. The van der Waals surface area contributed by atoms with Crippen molar-refractivity contribution in [1.82, 2.24) is 20.1 Å². The normalized spacial score (nSPS) is 17.5. The van der Waals surface area contributed by atoms with Gasteiger partial charge in [-0.1, -0.05) is 27.7 Å². The molecule has 5 heteroatoms. The summed E-state index contributed by atoms with van der Waals surface area (Å²) >= 11 is 0. The Bertz CT molecular complexity index is 709. The van der Waals surface area contributed by atoms with Crippen LogP contribution in [0.25, 0.3) is 11.3 Å². The maximum Gasteiger partial charge on any atom is 0.225 e. The Balaban J connectivity index is 1.62. The Kier molecular flexibility index (Phi) is 4.93. The number of rotatable bonds is 3. The molecule has 25 heavy (non-hydrogen) atoms. The molecule has 1 saturated heterocycles. The lowest BCUT2D eigenvalue weighted by molar-refractivity contribution is -0.139. The number of piperidine rings is 1. The summed E-state index contributed by atoms with van der Waals surface area (Å²) in [6.07, 6.45) is 5.54. The van der Waals surface area contributed by atoms with Crippen LogP contribution >= 0.6 is 0 Å². The third-order valence-electron chi connectivity index (χ3n) is 5.49. The molecule has 1 N–H and O–H groups in total. The second kappa shape index (κ2) is 6.98. The highest BCUT2D eigenvalue weighted by Gasteiger charge is 2.32. The van der Waals surface area contributed by atoms with Crippen LogP contribution in [0, 0.1) is 11.3 Å². The maximum absolute atomic E-state index is 12.7. The first kappa shape index (κ1) is 17.6. The van der Waals surface area contributed by atoms with Crippen LogP contribution in [0.1, 0.15) is 52.1 Å². The fraction of sp³-hybridized carbons (Fsp3) is 0.550. The van der Waals surface area contributed by atoms with Crippen molar-refractivity contribution < 1.29 is 4.79 Å². The van der Waals surface area contributed by atoms with E-state index < -0.39 is 0 Å². The van der Waals surface area contributed by atoms with E-state index in [1.165, 1.54) is 5.69 Å². The van der Waals surface area contributed by atoms with Crippen LogP contribution in [-0.4, -0.2) is 39.1 Å². The highest BCUT2D eigenvalue weighted by atomic mass is 16.2. The molecule has 2 aromatic rings. The predicted molar refractivity (Wildman–Crippen MR) is 99.0 cm³/mol. The van der Waals surface area contributed by atoms with E-state index in [-0.39, 0.29) is 17.2 Å². The minimum absolute atomic E-state index is 0.0107. The number of likely N-dealkylation sites (tertiary alicyclic amines) is 1. The van der Waals surface area contributed by atoms with Gasteiger partial charge in [0.1, 0.15) is 0 Å². The van der Waals surface area contributed by atoms with Crippen molar-refractivity contribution in [1.29, 1.82) is 0 Å². The second-order valence-electron chi connectivity index (χ2n) is 8.13. The smallest absolute Gasteiger partial charge is 0.225 e. The first-order valence-electron chi connectivity index (χ1n) is 9.11. The predicted octanol–water partition coefficient (Wildman–Crippen LogP) is 3.86. The standard InChI is InChI=1S/C20H28N4O/c1-14(20(2,3)4)19(25)24-11-7-16(8-12-24)18-13-17(22-23-18)15-5-9-21-10-6-15/h5-6,9-10,13-14,16H,7-8,11-12H2,1-4H3,(H,22,23)/t14-/m0/s1. The number of nitrogens with one attached hydrogen (secondary N) is 1. The van der Waals surface area contributed by atoms with Gasteiger partial charge in [0.25, 0.3) is 0 Å². The number of amides is 1. The molecule has 0 aliphatic carbocycles. The van der Waals surface area contributed by atoms with Gasteiger partial charge in [-0.15, -0.1) is 0 Å². The largest absolute Gasteiger partial charge is 0.342 e. The zero-order valence-corrected chi connectivity index (χ0v) is 15.6. The molecule has 0 bridgehead atoms. The number of pyridine rings is 1. The van der Waals surface area contributed by atoms with Gasteiger partial charge in [0.2, 0.25) is 5.91 Å². The van der Waals surface area contributed by atoms with Crippen molar-refractivity contribution in [2.24, 2.45) is 11.3 Å². The number of carbonyl (C=O) groups excluding carboxylic acids is 1. The highest BCUT2D eigenvalue weighted by Crippen LogP contribution is 2.32. The fourth-order valence-electron chi connectivity index (χ4n) is 3.27. The van der Waals surface area contributed by atoms with Crippen LogP contribution in [0.4, 0.5) is 0 Å². The summed E-state index contributed by atoms with van der Waals surface area (Å²) in [5.41, 5.74) is 3.21. The van der Waals surface area contributed by atoms with Crippen molar-refractivity contribution in [2.45, 2.75) is 46.5 Å². The Hall–Kier alpha value is -2.17. The second-order valence-corrected chi connectivity index (χ2v) is 8.13. The van der Waals surface area contributed by atoms with E-state index in [9.17, 15) is 4.79 Å². The van der Waals surface area contributed by atoms with E-state index in [4.69, 9.17) is 0 Å². The van der Waals surface area contributed by atoms with E-state index in [2.05, 4.69) is 42.0 Å². The number of H-pyrrole nitrogens is 1. The summed E-state index contributed by atoms with van der Waals surface area (Å²) in [6, 6.07) is 6.07. The third-order valence-corrected chi connectivity index (χ3v) is 5.49. The molecule has 1 atom stereocenters. The van der Waals surface area contributed by atoms with Gasteiger partial charge in [0.15, 0.2) is 0 Å². The summed E-state index contributed by atoms with van der Waals surface area (Å²) < 4.78 is 0. The quantitative estimate of drug-likeness (QED) is 0.923. The molecule has 2 aromatic heterocycles. The molecule has 0 radical (unpaired) electrons. The zero-order chi connectivity index (χ0) is 18.0. The number of hydrogen-bond acceptors (Lipinski definition) is 3. The van der Waals surface area contributed by atoms with Gasteiger partial charge in [0, 0.05) is 48.6 Å². The zero-order valence-electron chi connectivity index (χ0n) is 15.6. The summed E-state index contributed by atoms with van der Waals surface area (Å²) in [6.45, 7) is 10.1. The third kappa shape index (κ3) is 3.91. The molecule has 134 valence electrons. The number of aromatic nitrogens is 3. The summed E-state index contributed by atoms with van der Waals surface area (Å²) in [4.78, 5) is 18.8. The summed E-state index contributed by atoms with van der Waals surface area (Å²) in [5.74, 6) is 0.777. The van der Waals surface area contributed by atoms with Crippen LogP contribution in [0.2, 0.25) is 0 Å². The first-order chi connectivity index (χ1) is 11.9. The molecule has 1 fully saturated rings. The van der Waals surface area contributed by atoms with Crippen molar-refractivity contribution >= 4 is 5.91 Å². The van der Waals surface area contributed by atoms with Gasteiger partial charge < -0.3 is 4.90 Å². The average molecular weight is 340 g/mol. The molecule has 1 amide bonds. The monoisotopic (exact) mass is 340 g/mol. The van der Waals surface area contributed by atoms with Gasteiger partial charge >= 0.3 is 0 Å². The fourth-order valence-corrected chi connectivity index (χ4v) is 3.27. The number of hydrogen-bond donors (Lipinski definition) is 1. The molecule has 1 aliphatic rings. The van der Waals surface area contributed by atoms with Gasteiger partial charge in [0.05, 0.1) is 5.69 Å². The summed E-state index contributed by atoms with van der Waals surface area (Å²) in [7, 11) is 0. The van der Waals surface area contributed by atoms with E-state index in [0.717, 1.165) is 37.2 Å². The van der Waals surface area contributed by atoms with Crippen LogP contribution < -0.4 is 0 Å². The van der Waals surface area contributed by atoms with Crippen molar-refractivity contribution in [3.05, 3.63) is 36.3 Å². The Morgan fingerprint density at radius 2 is 1.88 bits per heavy atom. The minimum Gasteiger partial charge on any atom is -0.342 e. The van der Waals surface area contributed by atoms with Crippen molar-refractivity contribution in [2.75, 3.05) is 13.1 Å². The van der Waals surface area contributed by atoms with Crippen LogP contribution in [0.3, 0.4) is 0 Å². The van der Waals surface area contributed by atoms with E-state index in [0.29, 0.717) is 5.92 Å². The number of nitrogens with zero attached hydrogens (tertiary/aromatic N) is 3. The van der Waals surface area contributed by atoms with E-state index in [1.54, 1.807) is 12.4 Å². The summed E-state index contributed by atoms with van der Waals surface area (Å²) in [5, 5.41) is 7.63. The molecule has 5 nitrogen and oxygen atoms in total. The number of aromatic amines is 1. The van der Waals surface area contributed by atoms with Crippen LogP contribution in [0.5, 0.6) is 0 Å². The average Bonchev–Trinajstić information content (AvgIpc) is 3.11. The maximum atomic E-state index is 12.7. The van der Waals surface area contributed by atoms with Gasteiger partial charge in [-0.2, -0.15) is 5.10 Å². The van der Waals surface area contributed by atoms with E-state index >= 15 is 0 Å². The van der Waals surface area contributed by atoms with Gasteiger partial charge in [-0.25, -0.2) is 0 Å².